The van der Waals surface area contributed by atoms with Gasteiger partial charge in [0.05, 0.1) is 19.7 Å². The predicted molar refractivity (Wildman–Crippen MR) is 163 cm³/mol. The molecule has 2 N–H and O–H groups in total. The van der Waals surface area contributed by atoms with Gasteiger partial charge in [0.1, 0.15) is 18.1 Å². The van der Waals surface area contributed by atoms with Crippen molar-refractivity contribution in [3.63, 3.8) is 0 Å². The van der Waals surface area contributed by atoms with Gasteiger partial charge in [-0.15, -0.1) is 5.10 Å². The van der Waals surface area contributed by atoms with E-state index in [1.165, 1.54) is 23.6 Å². The zero-order chi connectivity index (χ0) is 30.3. The van der Waals surface area contributed by atoms with E-state index in [-0.39, 0.29) is 30.3 Å². The third kappa shape index (κ3) is 6.77. The van der Waals surface area contributed by atoms with Gasteiger partial charge >= 0.3 is 0 Å². The van der Waals surface area contributed by atoms with Crippen LogP contribution in [0.5, 0.6) is 11.5 Å². The molecule has 1 aliphatic carbocycles. The van der Waals surface area contributed by atoms with Crippen LogP contribution in [0.15, 0.2) is 66.7 Å². The lowest BCUT2D eigenvalue weighted by molar-refractivity contribution is -0.127. The standard InChI is InChI=1S/C32H36N6O5/c1-21(39)33-24-14-16-25(17-15-24)38(30(40)20-37-27-12-8-7-11-26(27)35-36-37)31(32(41)34-23-9-5-4-6-10-23)22-13-18-28(42-2)29(19-22)43-3/h7-8,11-19,23,31H,4-6,9-10,20H2,1-3H3,(H,33,39)(H,34,41). The Hall–Kier alpha value is -4.93. The number of rotatable bonds is 10. The molecular formula is C32H36N6O5. The second kappa shape index (κ2) is 13.4. The SMILES string of the molecule is COc1ccc(C(C(=O)NC2CCCCC2)N(C(=O)Cn2nnc3ccccc32)c2ccc(NC(C)=O)cc2)cc1OC. The van der Waals surface area contributed by atoms with E-state index < -0.39 is 6.04 Å². The highest BCUT2D eigenvalue weighted by Gasteiger charge is 2.35. The zero-order valence-corrected chi connectivity index (χ0v) is 24.6. The maximum absolute atomic E-state index is 14.3. The normalized spacial score (nSPS) is 14.1. The number of methoxy groups -OCH3 is 2. The smallest absolute Gasteiger partial charge is 0.249 e. The fourth-order valence-electron chi connectivity index (χ4n) is 5.55. The van der Waals surface area contributed by atoms with Crippen LogP contribution in [0.3, 0.4) is 0 Å². The van der Waals surface area contributed by atoms with Crippen molar-refractivity contribution in [3.8, 4) is 11.5 Å². The third-order valence-electron chi connectivity index (χ3n) is 7.62. The Balaban J connectivity index is 1.60. The molecule has 3 amide bonds. The Morgan fingerprint density at radius 1 is 0.953 bits per heavy atom. The third-order valence-corrected chi connectivity index (χ3v) is 7.62. The van der Waals surface area contributed by atoms with Crippen LogP contribution in [-0.4, -0.2) is 53.0 Å². The maximum atomic E-state index is 14.3. The number of amides is 3. The maximum Gasteiger partial charge on any atom is 0.249 e. The van der Waals surface area contributed by atoms with Gasteiger partial charge in [-0.1, -0.05) is 42.7 Å². The summed E-state index contributed by atoms with van der Waals surface area (Å²) in [5, 5.41) is 14.4. The highest BCUT2D eigenvalue weighted by Crippen LogP contribution is 2.35. The van der Waals surface area contributed by atoms with Crippen molar-refractivity contribution >= 4 is 40.1 Å². The number of ether oxygens (including phenoxy) is 2. The first-order valence-corrected chi connectivity index (χ1v) is 14.4. The van der Waals surface area contributed by atoms with Crippen molar-refractivity contribution in [2.45, 2.75) is 57.7 Å². The monoisotopic (exact) mass is 584 g/mol. The molecular weight excluding hydrogens is 548 g/mol. The summed E-state index contributed by atoms with van der Waals surface area (Å²) in [7, 11) is 3.07. The number of nitrogens with one attached hydrogen (secondary N) is 2. The summed E-state index contributed by atoms with van der Waals surface area (Å²) < 4.78 is 12.5. The van der Waals surface area contributed by atoms with E-state index >= 15 is 0 Å². The second-order valence-corrected chi connectivity index (χ2v) is 10.6. The number of hydrogen-bond donors (Lipinski definition) is 2. The topological polar surface area (TPSA) is 128 Å². The van der Waals surface area contributed by atoms with Gasteiger partial charge in [0.2, 0.25) is 17.7 Å². The fraction of sp³-hybridized carbons (Fsp3) is 0.344. The van der Waals surface area contributed by atoms with Crippen LogP contribution in [0.1, 0.15) is 50.6 Å². The number of para-hydroxylation sites is 1. The van der Waals surface area contributed by atoms with Crippen LogP contribution in [0.4, 0.5) is 11.4 Å². The molecule has 0 aliphatic heterocycles. The Morgan fingerprint density at radius 3 is 2.37 bits per heavy atom. The summed E-state index contributed by atoms with van der Waals surface area (Å²) in [6.45, 7) is 1.27. The molecule has 1 saturated carbocycles. The number of hydrogen-bond acceptors (Lipinski definition) is 7. The minimum atomic E-state index is -1.05. The summed E-state index contributed by atoms with van der Waals surface area (Å²) in [5.41, 5.74) is 2.95. The molecule has 0 radical (unpaired) electrons. The lowest BCUT2D eigenvalue weighted by Gasteiger charge is -2.34. The Bertz CT molecular complexity index is 1600. The van der Waals surface area contributed by atoms with E-state index in [4.69, 9.17) is 9.47 Å². The van der Waals surface area contributed by atoms with E-state index in [1.54, 1.807) is 49.6 Å². The summed E-state index contributed by atoms with van der Waals surface area (Å²) >= 11 is 0. The Morgan fingerprint density at radius 2 is 1.67 bits per heavy atom. The number of carbonyl (C=O) groups is 3. The van der Waals surface area contributed by atoms with Crippen molar-refractivity contribution in [1.82, 2.24) is 20.3 Å². The van der Waals surface area contributed by atoms with Crippen molar-refractivity contribution in [3.05, 3.63) is 72.3 Å². The van der Waals surface area contributed by atoms with Gasteiger partial charge in [-0.05, 0) is 66.9 Å². The van der Waals surface area contributed by atoms with E-state index in [1.807, 2.05) is 24.3 Å². The summed E-state index contributed by atoms with van der Waals surface area (Å²) in [6.07, 6.45) is 4.99. The highest BCUT2D eigenvalue weighted by atomic mass is 16.5. The average Bonchev–Trinajstić information content (AvgIpc) is 3.42. The summed E-state index contributed by atoms with van der Waals surface area (Å²) in [4.78, 5) is 41.7. The van der Waals surface area contributed by atoms with Crippen molar-refractivity contribution in [1.29, 1.82) is 0 Å². The van der Waals surface area contributed by atoms with Crippen molar-refractivity contribution in [2.75, 3.05) is 24.4 Å². The van der Waals surface area contributed by atoms with Gasteiger partial charge in [0.15, 0.2) is 11.5 Å². The number of aromatic nitrogens is 3. The van der Waals surface area contributed by atoms with Gasteiger partial charge in [0, 0.05) is 24.3 Å². The lowest BCUT2D eigenvalue weighted by Crippen LogP contribution is -2.48. The number of nitrogens with zero attached hydrogens (tertiary/aromatic N) is 4. The van der Waals surface area contributed by atoms with Crippen LogP contribution in [-0.2, 0) is 20.9 Å². The second-order valence-electron chi connectivity index (χ2n) is 10.6. The van der Waals surface area contributed by atoms with E-state index in [0.717, 1.165) is 32.1 Å². The van der Waals surface area contributed by atoms with Crippen LogP contribution in [0, 0.1) is 0 Å². The average molecular weight is 585 g/mol. The zero-order valence-electron chi connectivity index (χ0n) is 24.6. The van der Waals surface area contributed by atoms with Gasteiger partial charge in [-0.3, -0.25) is 19.3 Å². The first-order chi connectivity index (χ1) is 20.9. The van der Waals surface area contributed by atoms with Crippen LogP contribution < -0.4 is 25.0 Å². The molecule has 0 spiro atoms. The molecule has 5 rings (SSSR count). The molecule has 11 heteroatoms. The van der Waals surface area contributed by atoms with Gasteiger partial charge in [-0.2, -0.15) is 0 Å². The van der Waals surface area contributed by atoms with Gasteiger partial charge in [-0.25, -0.2) is 4.68 Å². The molecule has 4 aromatic rings. The van der Waals surface area contributed by atoms with Crippen LogP contribution >= 0.6 is 0 Å². The molecule has 1 unspecified atom stereocenters. The number of fused-ring (bicyclic) bond motifs is 1. The Kier molecular flexibility index (Phi) is 9.19. The lowest BCUT2D eigenvalue weighted by atomic mass is 9.94. The van der Waals surface area contributed by atoms with Gasteiger partial charge < -0.3 is 20.1 Å². The summed E-state index contributed by atoms with van der Waals surface area (Å²) in [5.74, 6) is 0.0487. The molecule has 224 valence electrons. The molecule has 1 aromatic heterocycles. The number of benzene rings is 3. The van der Waals surface area contributed by atoms with E-state index in [9.17, 15) is 14.4 Å². The molecule has 1 heterocycles. The molecule has 1 fully saturated rings. The fourth-order valence-corrected chi connectivity index (χ4v) is 5.55. The molecule has 1 atom stereocenters. The molecule has 3 aromatic carbocycles. The molecule has 0 saturated heterocycles. The number of carbonyl (C=O) groups excluding carboxylic acids is 3. The van der Waals surface area contributed by atoms with Crippen molar-refractivity contribution in [2.24, 2.45) is 0 Å². The molecule has 43 heavy (non-hydrogen) atoms. The number of anilines is 2. The highest BCUT2D eigenvalue weighted by molar-refractivity contribution is 6.02. The van der Waals surface area contributed by atoms with Crippen LogP contribution in [0.25, 0.3) is 11.0 Å². The first kappa shape index (κ1) is 29.6. The Labute approximate surface area is 250 Å². The first-order valence-electron chi connectivity index (χ1n) is 14.4. The molecule has 0 bridgehead atoms. The van der Waals surface area contributed by atoms with E-state index in [2.05, 4.69) is 20.9 Å². The molecule has 11 nitrogen and oxygen atoms in total. The summed E-state index contributed by atoms with van der Waals surface area (Å²) in [6, 6.07) is 18.4. The predicted octanol–water partition coefficient (Wildman–Crippen LogP) is 4.63. The molecule has 1 aliphatic rings. The van der Waals surface area contributed by atoms with Crippen LogP contribution in [0.2, 0.25) is 0 Å². The largest absolute Gasteiger partial charge is 0.493 e. The quantitative estimate of drug-likeness (QED) is 0.278. The van der Waals surface area contributed by atoms with Crippen molar-refractivity contribution < 1.29 is 23.9 Å². The minimum absolute atomic E-state index is 0.0160. The van der Waals surface area contributed by atoms with Gasteiger partial charge in [0.25, 0.3) is 0 Å². The minimum Gasteiger partial charge on any atom is -0.493 e. The van der Waals surface area contributed by atoms with E-state index in [0.29, 0.717) is 39.5 Å².